The molecule has 2 aromatic heterocycles. The molecule has 0 amide bonds. The normalized spacial score (nSPS) is 10.8. The molecule has 0 atom stereocenters. The minimum Gasteiger partial charge on any atom is -0.270 e. The van der Waals surface area contributed by atoms with Crippen LogP contribution in [0, 0.1) is 0 Å². The highest BCUT2D eigenvalue weighted by atomic mass is 79.9. The lowest BCUT2D eigenvalue weighted by molar-refractivity contribution is 1.10. The summed E-state index contributed by atoms with van der Waals surface area (Å²) in [6, 6.07) is 10.2. The van der Waals surface area contributed by atoms with Crippen molar-refractivity contribution in [2.75, 3.05) is 0 Å². The van der Waals surface area contributed by atoms with Crippen molar-refractivity contribution in [3.05, 3.63) is 47.3 Å². The van der Waals surface area contributed by atoms with Gasteiger partial charge in [0.25, 0.3) is 0 Å². The number of hydrogen-bond acceptors (Lipinski definition) is 2. The molecule has 0 saturated carbocycles. The summed E-state index contributed by atoms with van der Waals surface area (Å²) in [5.74, 6) is 0. The van der Waals surface area contributed by atoms with Crippen molar-refractivity contribution in [3.63, 3.8) is 0 Å². The van der Waals surface area contributed by atoms with Crippen LogP contribution in [0.2, 0.25) is 0 Å². The minimum absolute atomic E-state index is 0.920. The van der Waals surface area contributed by atoms with Gasteiger partial charge in [0, 0.05) is 17.8 Å². The Balaban J connectivity index is 2.19. The molecule has 0 aliphatic rings. The van der Waals surface area contributed by atoms with Crippen molar-refractivity contribution < 1.29 is 0 Å². The fraction of sp³-hybridized carbons (Fsp3) is 0. The predicted molar refractivity (Wildman–Crippen MR) is 67.0 cm³/mol. The Morgan fingerprint density at radius 1 is 1.00 bits per heavy atom. The molecule has 2 heterocycles. The molecule has 0 bridgehead atoms. The maximum Gasteiger partial charge on any atom is 0.108 e. The maximum absolute atomic E-state index is 4.22. The highest BCUT2D eigenvalue weighted by molar-refractivity contribution is 9.10. The smallest absolute Gasteiger partial charge is 0.108 e. The number of hydrogen-bond donors (Lipinski definition) is 1. The van der Waals surface area contributed by atoms with E-state index in [-0.39, 0.29) is 0 Å². The van der Waals surface area contributed by atoms with Gasteiger partial charge in [-0.1, -0.05) is 6.07 Å². The average Bonchev–Trinajstić information content (AvgIpc) is 2.72. The Bertz CT molecular complexity index is 631. The summed E-state index contributed by atoms with van der Waals surface area (Å²) in [6.07, 6.45) is 3.58. The second kappa shape index (κ2) is 3.72. The fourth-order valence-corrected chi connectivity index (χ4v) is 2.13. The lowest BCUT2D eigenvalue weighted by Crippen LogP contribution is -1.78. The first kappa shape index (κ1) is 9.54. The zero-order valence-corrected chi connectivity index (χ0v) is 9.90. The van der Waals surface area contributed by atoms with Gasteiger partial charge in [-0.25, -0.2) is 0 Å². The molecule has 4 heteroatoms. The quantitative estimate of drug-likeness (QED) is 0.739. The van der Waals surface area contributed by atoms with Gasteiger partial charge in [-0.05, 0) is 51.3 Å². The number of H-pyrrole nitrogens is 1. The second-order valence-corrected chi connectivity index (χ2v) is 4.30. The summed E-state index contributed by atoms with van der Waals surface area (Å²) in [7, 11) is 0. The zero-order chi connectivity index (χ0) is 11.0. The molecule has 1 N–H and O–H groups in total. The van der Waals surface area contributed by atoms with E-state index in [1.807, 2.05) is 12.1 Å². The van der Waals surface area contributed by atoms with E-state index < -0.39 is 0 Å². The van der Waals surface area contributed by atoms with Gasteiger partial charge in [0.2, 0.25) is 0 Å². The number of nitrogens with one attached hydrogen (secondary N) is 1. The van der Waals surface area contributed by atoms with Crippen LogP contribution in [0.4, 0.5) is 0 Å². The third-order valence-corrected chi connectivity index (χ3v) is 3.13. The van der Waals surface area contributed by atoms with E-state index in [4.69, 9.17) is 0 Å². The van der Waals surface area contributed by atoms with E-state index in [1.54, 1.807) is 12.4 Å². The summed E-state index contributed by atoms with van der Waals surface area (Å²) < 4.78 is 0.920. The van der Waals surface area contributed by atoms with E-state index in [0.29, 0.717) is 0 Å². The van der Waals surface area contributed by atoms with E-state index in [2.05, 4.69) is 49.3 Å². The lowest BCUT2D eigenvalue weighted by Gasteiger charge is -2.00. The third kappa shape index (κ3) is 1.51. The molecule has 3 nitrogen and oxygen atoms in total. The van der Waals surface area contributed by atoms with E-state index in [0.717, 1.165) is 26.6 Å². The molecule has 0 saturated heterocycles. The predicted octanol–water partition coefficient (Wildman–Crippen LogP) is 3.39. The molecule has 3 aromatic rings. The number of nitrogens with zero attached hydrogens (tertiary/aromatic N) is 2. The van der Waals surface area contributed by atoms with Gasteiger partial charge in [0.1, 0.15) is 4.60 Å². The Kier molecular flexibility index (Phi) is 2.22. The first-order valence-corrected chi connectivity index (χ1v) is 5.68. The third-order valence-electron chi connectivity index (χ3n) is 2.52. The van der Waals surface area contributed by atoms with Crippen molar-refractivity contribution in [3.8, 4) is 11.1 Å². The van der Waals surface area contributed by atoms with Crippen molar-refractivity contribution in [1.82, 2.24) is 15.2 Å². The molecule has 78 valence electrons. The van der Waals surface area contributed by atoms with E-state index in [1.165, 1.54) is 0 Å². The highest BCUT2D eigenvalue weighted by Crippen LogP contribution is 2.26. The molecule has 0 aliphatic heterocycles. The highest BCUT2D eigenvalue weighted by Gasteiger charge is 2.04. The van der Waals surface area contributed by atoms with Crippen LogP contribution in [0.3, 0.4) is 0 Å². The van der Waals surface area contributed by atoms with Crippen molar-refractivity contribution >= 4 is 26.8 Å². The van der Waals surface area contributed by atoms with Crippen LogP contribution >= 0.6 is 15.9 Å². The largest absolute Gasteiger partial charge is 0.270 e. The van der Waals surface area contributed by atoms with Gasteiger partial charge in [0.15, 0.2) is 0 Å². The van der Waals surface area contributed by atoms with Gasteiger partial charge in [-0.2, -0.15) is 5.10 Å². The molecule has 0 unspecified atom stereocenters. The molecule has 0 aliphatic carbocycles. The minimum atomic E-state index is 0.920. The second-order valence-electron chi connectivity index (χ2n) is 3.51. The number of benzene rings is 1. The van der Waals surface area contributed by atoms with Gasteiger partial charge >= 0.3 is 0 Å². The summed E-state index contributed by atoms with van der Waals surface area (Å²) in [5.41, 5.74) is 3.26. The standard InChI is InChI=1S/C12H8BrN3/c13-12-10-2-1-9(7-11(10)15-16-12)8-3-5-14-6-4-8/h1-7H,(H,15,16). The zero-order valence-electron chi connectivity index (χ0n) is 8.31. The first-order valence-electron chi connectivity index (χ1n) is 4.88. The number of halogens is 1. The van der Waals surface area contributed by atoms with E-state index >= 15 is 0 Å². The molecule has 0 radical (unpaired) electrons. The van der Waals surface area contributed by atoms with Crippen molar-refractivity contribution in [2.24, 2.45) is 0 Å². The summed E-state index contributed by atoms with van der Waals surface area (Å²) >= 11 is 3.42. The Morgan fingerprint density at radius 2 is 1.81 bits per heavy atom. The number of aromatic amines is 1. The van der Waals surface area contributed by atoms with Crippen LogP contribution in [0.1, 0.15) is 0 Å². The topological polar surface area (TPSA) is 41.6 Å². The molecular formula is C12H8BrN3. The van der Waals surface area contributed by atoms with Crippen LogP contribution < -0.4 is 0 Å². The molecule has 16 heavy (non-hydrogen) atoms. The number of pyridine rings is 1. The number of aromatic nitrogens is 3. The molecule has 1 aromatic carbocycles. The van der Waals surface area contributed by atoms with Crippen molar-refractivity contribution in [2.45, 2.75) is 0 Å². The van der Waals surface area contributed by atoms with Crippen LogP contribution in [0.5, 0.6) is 0 Å². The van der Waals surface area contributed by atoms with Gasteiger partial charge in [-0.15, -0.1) is 0 Å². The summed E-state index contributed by atoms with van der Waals surface area (Å²) in [6.45, 7) is 0. The van der Waals surface area contributed by atoms with Gasteiger partial charge in [-0.3, -0.25) is 10.1 Å². The molecular weight excluding hydrogens is 266 g/mol. The molecule has 3 rings (SSSR count). The summed E-state index contributed by atoms with van der Waals surface area (Å²) in [4.78, 5) is 4.01. The SMILES string of the molecule is Brc1[nH]nc2cc(-c3ccncc3)ccc12. The van der Waals surface area contributed by atoms with Crippen LogP contribution in [-0.4, -0.2) is 15.2 Å². The fourth-order valence-electron chi connectivity index (χ4n) is 1.70. The Morgan fingerprint density at radius 3 is 2.62 bits per heavy atom. The van der Waals surface area contributed by atoms with Crippen LogP contribution in [0.15, 0.2) is 47.3 Å². The monoisotopic (exact) mass is 273 g/mol. The Hall–Kier alpha value is -1.68. The summed E-state index contributed by atoms with van der Waals surface area (Å²) in [5, 5.41) is 8.22. The Labute approximate surface area is 101 Å². The van der Waals surface area contributed by atoms with Crippen LogP contribution in [-0.2, 0) is 0 Å². The lowest BCUT2D eigenvalue weighted by atomic mass is 10.1. The maximum atomic E-state index is 4.22. The first-order chi connectivity index (χ1) is 7.84. The van der Waals surface area contributed by atoms with Crippen LogP contribution in [0.25, 0.3) is 22.0 Å². The molecule has 0 spiro atoms. The van der Waals surface area contributed by atoms with Crippen molar-refractivity contribution in [1.29, 1.82) is 0 Å². The van der Waals surface area contributed by atoms with Gasteiger partial charge in [0.05, 0.1) is 5.52 Å². The van der Waals surface area contributed by atoms with Gasteiger partial charge < -0.3 is 0 Å². The molecule has 0 fully saturated rings. The number of rotatable bonds is 1. The average molecular weight is 274 g/mol. The number of fused-ring (bicyclic) bond motifs is 1. The van der Waals surface area contributed by atoms with E-state index in [9.17, 15) is 0 Å².